The number of anilines is 1. The maximum Gasteiger partial charge on any atom is 0.263 e. The number of nitrogens with one attached hydrogen (secondary N) is 1. The first-order chi connectivity index (χ1) is 15.3. The van der Waals surface area contributed by atoms with Crippen molar-refractivity contribution in [1.82, 2.24) is 9.55 Å². The Kier molecular flexibility index (Phi) is 8.26. The molecule has 0 aliphatic rings. The molecule has 0 aliphatic heterocycles. The van der Waals surface area contributed by atoms with E-state index in [1.807, 2.05) is 20.8 Å². The molecule has 6 nitrogen and oxygen atoms in total. The molecule has 0 atom stereocenters. The Morgan fingerprint density at radius 3 is 2.50 bits per heavy atom. The molecular weight excluding hydrogens is 442 g/mol. The first kappa shape index (κ1) is 24.2. The van der Waals surface area contributed by atoms with Gasteiger partial charge in [-0.15, -0.1) is 11.3 Å². The van der Waals surface area contributed by atoms with Crippen LogP contribution < -0.4 is 10.9 Å². The number of hydrogen-bond donors (Lipinski definition) is 1. The standard InChI is InChI=1S/C24H29N3O3S2/c1-5-7-13-27-23(30)21-15(3)16(4)32-22(21)26-24(27)31-14-19(28)17-9-11-18(12-10-17)25-20(29)8-6-2/h9-12H,5-8,13-14H2,1-4H3,(H,25,29). The summed E-state index contributed by atoms with van der Waals surface area (Å²) in [5.41, 5.74) is 2.22. The number of hydrogen-bond acceptors (Lipinski definition) is 6. The third kappa shape index (κ3) is 5.48. The van der Waals surface area contributed by atoms with Crippen molar-refractivity contribution in [2.24, 2.45) is 0 Å². The van der Waals surface area contributed by atoms with Gasteiger partial charge >= 0.3 is 0 Å². The summed E-state index contributed by atoms with van der Waals surface area (Å²) in [5.74, 6) is 0.110. The van der Waals surface area contributed by atoms with E-state index in [2.05, 4.69) is 12.2 Å². The smallest absolute Gasteiger partial charge is 0.263 e. The van der Waals surface area contributed by atoms with Crippen LogP contribution in [0.25, 0.3) is 10.2 Å². The van der Waals surface area contributed by atoms with Crippen LogP contribution in [0.4, 0.5) is 5.69 Å². The number of ketones is 1. The van der Waals surface area contributed by atoms with Crippen LogP contribution >= 0.6 is 23.1 Å². The van der Waals surface area contributed by atoms with Crippen molar-refractivity contribution in [3.05, 3.63) is 50.6 Å². The second kappa shape index (κ2) is 10.9. The molecule has 1 N–H and O–H groups in total. The lowest BCUT2D eigenvalue weighted by molar-refractivity contribution is -0.116. The van der Waals surface area contributed by atoms with Gasteiger partial charge in [-0.2, -0.15) is 0 Å². The van der Waals surface area contributed by atoms with Crippen molar-refractivity contribution in [2.75, 3.05) is 11.1 Å². The summed E-state index contributed by atoms with van der Waals surface area (Å²) >= 11 is 2.83. The second-order valence-electron chi connectivity index (χ2n) is 7.76. The summed E-state index contributed by atoms with van der Waals surface area (Å²) in [6, 6.07) is 6.92. The Labute approximate surface area is 196 Å². The van der Waals surface area contributed by atoms with Crippen LogP contribution in [0.1, 0.15) is 60.3 Å². The molecule has 0 radical (unpaired) electrons. The first-order valence-corrected chi connectivity index (χ1v) is 12.7. The van der Waals surface area contributed by atoms with Crippen molar-refractivity contribution in [3.63, 3.8) is 0 Å². The molecule has 2 heterocycles. The fourth-order valence-electron chi connectivity index (χ4n) is 3.34. The van der Waals surface area contributed by atoms with Gasteiger partial charge in [0.15, 0.2) is 10.9 Å². The summed E-state index contributed by atoms with van der Waals surface area (Å²) in [5, 5.41) is 4.11. The number of nitrogens with zero attached hydrogens (tertiary/aromatic N) is 2. The molecule has 2 aromatic heterocycles. The van der Waals surface area contributed by atoms with Crippen LogP contribution in [0.3, 0.4) is 0 Å². The summed E-state index contributed by atoms with van der Waals surface area (Å²) in [4.78, 5) is 44.2. The maximum absolute atomic E-state index is 13.2. The molecule has 32 heavy (non-hydrogen) atoms. The van der Waals surface area contributed by atoms with E-state index in [4.69, 9.17) is 4.98 Å². The topological polar surface area (TPSA) is 81.1 Å². The summed E-state index contributed by atoms with van der Waals surface area (Å²) in [6.45, 7) is 8.60. The van der Waals surface area contributed by atoms with E-state index in [9.17, 15) is 14.4 Å². The number of amides is 1. The second-order valence-corrected chi connectivity index (χ2v) is 9.90. The van der Waals surface area contributed by atoms with Crippen molar-refractivity contribution >= 4 is 50.7 Å². The number of rotatable bonds is 10. The zero-order valence-electron chi connectivity index (χ0n) is 19.0. The Balaban J connectivity index is 1.78. The lowest BCUT2D eigenvalue weighted by Gasteiger charge is -2.11. The molecule has 3 rings (SSSR count). The highest BCUT2D eigenvalue weighted by atomic mass is 32.2. The molecule has 0 saturated carbocycles. The van der Waals surface area contributed by atoms with Gasteiger partial charge in [0, 0.05) is 29.1 Å². The highest BCUT2D eigenvalue weighted by Gasteiger charge is 2.18. The number of benzene rings is 1. The Bertz CT molecular complexity index is 1180. The van der Waals surface area contributed by atoms with Crippen molar-refractivity contribution in [3.8, 4) is 0 Å². The predicted octanol–water partition coefficient (Wildman–Crippen LogP) is 5.59. The lowest BCUT2D eigenvalue weighted by Crippen LogP contribution is -2.23. The zero-order chi connectivity index (χ0) is 23.3. The van der Waals surface area contributed by atoms with Crippen LogP contribution in [0.5, 0.6) is 0 Å². The fourth-order valence-corrected chi connectivity index (χ4v) is 5.33. The minimum Gasteiger partial charge on any atom is -0.326 e. The number of aromatic nitrogens is 2. The Morgan fingerprint density at radius 2 is 1.84 bits per heavy atom. The van der Waals surface area contributed by atoms with Gasteiger partial charge in [0.2, 0.25) is 5.91 Å². The summed E-state index contributed by atoms with van der Waals surface area (Å²) in [7, 11) is 0. The molecule has 0 spiro atoms. The van der Waals surface area contributed by atoms with Gasteiger partial charge < -0.3 is 5.32 Å². The molecule has 0 bridgehead atoms. The average molecular weight is 472 g/mol. The van der Waals surface area contributed by atoms with Crippen molar-refractivity contribution in [2.45, 2.75) is 65.1 Å². The highest BCUT2D eigenvalue weighted by molar-refractivity contribution is 7.99. The maximum atomic E-state index is 13.2. The summed E-state index contributed by atoms with van der Waals surface area (Å²) in [6.07, 6.45) is 3.10. The van der Waals surface area contributed by atoms with E-state index in [0.29, 0.717) is 34.8 Å². The minimum atomic E-state index is -0.0450. The largest absolute Gasteiger partial charge is 0.326 e. The van der Waals surface area contributed by atoms with Crippen LogP contribution in [0.2, 0.25) is 0 Å². The van der Waals surface area contributed by atoms with Gasteiger partial charge in [0.1, 0.15) is 4.83 Å². The van der Waals surface area contributed by atoms with Crippen LogP contribution in [-0.2, 0) is 11.3 Å². The van der Waals surface area contributed by atoms with Crippen LogP contribution in [0, 0.1) is 13.8 Å². The molecular formula is C24H29N3O3S2. The van der Waals surface area contributed by atoms with Crippen molar-refractivity contribution < 1.29 is 9.59 Å². The van der Waals surface area contributed by atoms with Crippen molar-refractivity contribution in [1.29, 1.82) is 0 Å². The van der Waals surface area contributed by atoms with E-state index < -0.39 is 0 Å². The number of Topliss-reactive ketones (excluding diaryl/α,β-unsaturated/α-hetero) is 1. The molecule has 0 unspecified atom stereocenters. The molecule has 170 valence electrons. The Hall–Kier alpha value is -2.45. The van der Waals surface area contributed by atoms with E-state index in [1.54, 1.807) is 28.8 Å². The number of carbonyl (C=O) groups excluding carboxylic acids is 2. The monoisotopic (exact) mass is 471 g/mol. The third-order valence-electron chi connectivity index (χ3n) is 5.29. The van der Waals surface area contributed by atoms with E-state index >= 15 is 0 Å². The molecule has 1 amide bonds. The van der Waals surface area contributed by atoms with Gasteiger partial charge in [0.25, 0.3) is 5.56 Å². The lowest BCUT2D eigenvalue weighted by atomic mass is 10.1. The number of thioether (sulfide) groups is 1. The number of fused-ring (bicyclic) bond motifs is 1. The first-order valence-electron chi connectivity index (χ1n) is 10.9. The van der Waals surface area contributed by atoms with Gasteiger partial charge in [-0.1, -0.05) is 32.0 Å². The van der Waals surface area contributed by atoms with Gasteiger partial charge in [0.05, 0.1) is 11.1 Å². The SMILES string of the molecule is CCCCn1c(SCC(=O)c2ccc(NC(=O)CCC)cc2)nc2sc(C)c(C)c2c1=O. The zero-order valence-corrected chi connectivity index (χ0v) is 20.6. The van der Waals surface area contributed by atoms with Crippen LogP contribution in [0.15, 0.2) is 34.2 Å². The normalized spacial score (nSPS) is 11.1. The molecule has 1 aromatic carbocycles. The fraction of sp³-hybridized carbons (Fsp3) is 0.417. The molecule has 8 heteroatoms. The number of carbonyl (C=O) groups is 2. The quantitative estimate of drug-likeness (QED) is 0.237. The van der Waals surface area contributed by atoms with E-state index in [-0.39, 0.29) is 23.0 Å². The molecule has 0 saturated heterocycles. The highest BCUT2D eigenvalue weighted by Crippen LogP contribution is 2.29. The summed E-state index contributed by atoms with van der Waals surface area (Å²) < 4.78 is 1.72. The third-order valence-corrected chi connectivity index (χ3v) is 7.37. The van der Waals surface area contributed by atoms with Crippen LogP contribution in [-0.4, -0.2) is 27.0 Å². The number of unbranched alkanes of at least 4 members (excludes halogenated alkanes) is 1. The van der Waals surface area contributed by atoms with Gasteiger partial charge in [-0.3, -0.25) is 19.0 Å². The van der Waals surface area contributed by atoms with Gasteiger partial charge in [-0.25, -0.2) is 4.98 Å². The van der Waals surface area contributed by atoms with Gasteiger partial charge in [-0.05, 0) is 56.5 Å². The number of aryl methyl sites for hydroxylation is 2. The average Bonchev–Trinajstić information content (AvgIpc) is 3.05. The van der Waals surface area contributed by atoms with E-state index in [1.165, 1.54) is 23.1 Å². The molecule has 0 fully saturated rings. The predicted molar refractivity (Wildman–Crippen MR) is 133 cm³/mol. The number of thiophene rings is 1. The van der Waals surface area contributed by atoms with E-state index in [0.717, 1.165) is 34.5 Å². The Morgan fingerprint density at radius 1 is 1.12 bits per heavy atom. The minimum absolute atomic E-state index is 0.0209. The molecule has 3 aromatic rings. The molecule has 0 aliphatic carbocycles.